The number of benzene rings is 1. The van der Waals surface area contributed by atoms with E-state index in [4.69, 9.17) is 16.3 Å². The van der Waals surface area contributed by atoms with E-state index in [2.05, 4.69) is 17.0 Å². The van der Waals surface area contributed by atoms with E-state index >= 15 is 0 Å². The summed E-state index contributed by atoms with van der Waals surface area (Å²) in [6.07, 6.45) is 9.49. The molecule has 1 saturated carbocycles. The normalized spacial score (nSPS) is 27.9. The van der Waals surface area contributed by atoms with Gasteiger partial charge in [-0.15, -0.1) is 0 Å². The number of morpholine rings is 1. The van der Waals surface area contributed by atoms with E-state index in [9.17, 15) is 4.21 Å². The topological polar surface area (TPSA) is 29.5 Å². The minimum absolute atomic E-state index is 0.110. The first-order valence-electron chi connectivity index (χ1n) is 9.03. The first-order valence-corrected chi connectivity index (χ1v) is 11.1. The number of hydrogen-bond donors (Lipinski definition) is 0. The summed E-state index contributed by atoms with van der Waals surface area (Å²) in [5.41, 5.74) is 1.31. The van der Waals surface area contributed by atoms with Crippen LogP contribution in [0.15, 0.2) is 24.3 Å². The molecule has 1 aromatic carbocycles. The summed E-state index contributed by atoms with van der Waals surface area (Å²) in [4.78, 5) is 2.66. The van der Waals surface area contributed by atoms with Crippen LogP contribution < -0.4 is 0 Å². The highest BCUT2D eigenvalue weighted by Gasteiger charge is 2.34. The third-order valence-electron chi connectivity index (χ3n) is 5.26. The number of rotatable bonds is 5. The van der Waals surface area contributed by atoms with Crippen molar-refractivity contribution in [3.63, 3.8) is 0 Å². The zero-order chi connectivity index (χ0) is 16.9. The predicted octanol–water partition coefficient (Wildman–Crippen LogP) is 3.66. The van der Waals surface area contributed by atoms with E-state index in [0.29, 0.717) is 17.8 Å². The number of hydrogen-bond acceptors (Lipinski definition) is 3. The Labute approximate surface area is 153 Å². The second-order valence-corrected chi connectivity index (χ2v) is 9.08. The maximum atomic E-state index is 11.6. The smallest absolute Gasteiger partial charge is 0.0817 e. The molecule has 3 rings (SSSR count). The van der Waals surface area contributed by atoms with Crippen molar-refractivity contribution >= 4 is 22.4 Å². The average molecular weight is 370 g/mol. The van der Waals surface area contributed by atoms with Crippen molar-refractivity contribution in [2.75, 3.05) is 25.2 Å². The van der Waals surface area contributed by atoms with Crippen LogP contribution in [0.25, 0.3) is 0 Å². The van der Waals surface area contributed by atoms with Gasteiger partial charge >= 0.3 is 0 Å². The Morgan fingerprint density at radius 1 is 1.21 bits per heavy atom. The number of nitrogens with zero attached hydrogens (tertiary/aromatic N) is 1. The van der Waals surface area contributed by atoms with E-state index in [1.165, 1.54) is 37.7 Å². The monoisotopic (exact) mass is 369 g/mol. The van der Waals surface area contributed by atoms with Gasteiger partial charge in [0.15, 0.2) is 0 Å². The Balaban J connectivity index is 1.70. The van der Waals surface area contributed by atoms with Gasteiger partial charge in [-0.2, -0.15) is 0 Å². The molecule has 5 heteroatoms. The molecule has 1 aromatic rings. The Kier molecular flexibility index (Phi) is 6.73. The molecule has 2 aliphatic rings. The summed E-state index contributed by atoms with van der Waals surface area (Å²) in [7, 11) is -0.801. The highest BCUT2D eigenvalue weighted by atomic mass is 35.5. The lowest BCUT2D eigenvalue weighted by Crippen LogP contribution is -2.56. The fourth-order valence-electron chi connectivity index (χ4n) is 4.07. The van der Waals surface area contributed by atoms with E-state index in [1.807, 2.05) is 12.1 Å². The second kappa shape index (κ2) is 8.79. The van der Waals surface area contributed by atoms with Gasteiger partial charge in [-0.3, -0.25) is 9.11 Å². The first-order chi connectivity index (χ1) is 11.6. The minimum atomic E-state index is -0.801. The lowest BCUT2D eigenvalue weighted by atomic mass is 9.91. The molecule has 1 aliphatic carbocycles. The molecule has 0 amide bonds. The van der Waals surface area contributed by atoms with Crippen molar-refractivity contribution in [1.82, 2.24) is 4.90 Å². The van der Waals surface area contributed by atoms with Crippen LogP contribution in [-0.4, -0.2) is 52.5 Å². The number of halogens is 1. The second-order valence-electron chi connectivity index (χ2n) is 7.17. The molecule has 134 valence electrons. The van der Waals surface area contributed by atoms with Gasteiger partial charge < -0.3 is 4.74 Å². The summed E-state index contributed by atoms with van der Waals surface area (Å²) in [5.74, 6) is 0.650. The molecular weight excluding hydrogens is 342 g/mol. The van der Waals surface area contributed by atoms with Crippen LogP contribution in [0.2, 0.25) is 5.02 Å². The SMILES string of the molecule is CS(=O)CC1CN(C2CCCCC2)C(Cc2ccc(Cl)cc2)CO1. The molecule has 0 bridgehead atoms. The van der Waals surface area contributed by atoms with Crippen LogP contribution in [0.3, 0.4) is 0 Å². The van der Waals surface area contributed by atoms with E-state index in [-0.39, 0.29) is 6.10 Å². The molecule has 3 unspecified atom stereocenters. The fourth-order valence-corrected chi connectivity index (χ4v) is 4.92. The van der Waals surface area contributed by atoms with Crippen molar-refractivity contribution in [2.24, 2.45) is 0 Å². The Hall–Kier alpha value is -0.420. The highest BCUT2D eigenvalue weighted by Crippen LogP contribution is 2.28. The molecule has 0 radical (unpaired) electrons. The van der Waals surface area contributed by atoms with Crippen LogP contribution in [0.4, 0.5) is 0 Å². The summed E-state index contributed by atoms with van der Waals surface area (Å²) in [6.45, 7) is 1.66. The lowest BCUT2D eigenvalue weighted by Gasteiger charge is -2.45. The highest BCUT2D eigenvalue weighted by molar-refractivity contribution is 7.84. The molecule has 24 heavy (non-hydrogen) atoms. The first kappa shape index (κ1) is 18.4. The molecule has 1 heterocycles. The number of ether oxygens (including phenoxy) is 1. The largest absolute Gasteiger partial charge is 0.374 e. The Morgan fingerprint density at radius 3 is 2.58 bits per heavy atom. The summed E-state index contributed by atoms with van der Waals surface area (Å²) in [6, 6.07) is 9.25. The standard InChI is InChI=1S/C19H28ClNO2S/c1-24(22)14-19-12-21(17-5-3-2-4-6-17)18(13-23-19)11-15-7-9-16(20)10-8-15/h7-10,17-19H,2-6,11-14H2,1H3. The molecule has 3 atom stereocenters. The van der Waals surface area contributed by atoms with Gasteiger partial charge in [0.05, 0.1) is 18.5 Å². The van der Waals surface area contributed by atoms with Crippen LogP contribution in [0, 0.1) is 0 Å². The fraction of sp³-hybridized carbons (Fsp3) is 0.684. The van der Waals surface area contributed by atoms with E-state index in [1.54, 1.807) is 6.26 Å². The predicted molar refractivity (Wildman–Crippen MR) is 101 cm³/mol. The van der Waals surface area contributed by atoms with Crippen molar-refractivity contribution in [1.29, 1.82) is 0 Å². The van der Waals surface area contributed by atoms with Gasteiger partial charge in [0.1, 0.15) is 0 Å². The molecule has 2 fully saturated rings. The molecule has 0 spiro atoms. The van der Waals surface area contributed by atoms with Gasteiger partial charge in [0.2, 0.25) is 0 Å². The average Bonchev–Trinajstić information content (AvgIpc) is 2.58. The van der Waals surface area contributed by atoms with Gasteiger partial charge in [-0.05, 0) is 37.0 Å². The third-order valence-corrected chi connectivity index (χ3v) is 6.35. The molecular formula is C19H28ClNO2S. The van der Waals surface area contributed by atoms with Crippen molar-refractivity contribution in [2.45, 2.75) is 56.7 Å². The Bertz CT molecular complexity index is 545. The van der Waals surface area contributed by atoms with Crippen LogP contribution in [0.1, 0.15) is 37.7 Å². The lowest BCUT2D eigenvalue weighted by molar-refractivity contribution is -0.0746. The maximum Gasteiger partial charge on any atom is 0.0817 e. The van der Waals surface area contributed by atoms with Crippen molar-refractivity contribution in [3.8, 4) is 0 Å². The minimum Gasteiger partial charge on any atom is -0.374 e. The zero-order valence-corrected chi connectivity index (χ0v) is 16.0. The third kappa shape index (κ3) is 5.04. The van der Waals surface area contributed by atoms with Gasteiger partial charge in [0.25, 0.3) is 0 Å². The van der Waals surface area contributed by atoms with Gasteiger partial charge in [-0.25, -0.2) is 0 Å². The van der Waals surface area contributed by atoms with Crippen LogP contribution >= 0.6 is 11.6 Å². The zero-order valence-electron chi connectivity index (χ0n) is 14.5. The summed E-state index contributed by atoms with van der Waals surface area (Å²) >= 11 is 6.01. The Morgan fingerprint density at radius 2 is 1.92 bits per heavy atom. The van der Waals surface area contributed by atoms with Crippen LogP contribution in [-0.2, 0) is 22.0 Å². The molecule has 1 aliphatic heterocycles. The van der Waals surface area contributed by atoms with E-state index in [0.717, 1.165) is 24.6 Å². The molecule has 1 saturated heterocycles. The van der Waals surface area contributed by atoms with E-state index < -0.39 is 10.8 Å². The summed E-state index contributed by atoms with van der Waals surface area (Å²) < 4.78 is 17.7. The van der Waals surface area contributed by atoms with Crippen molar-refractivity contribution in [3.05, 3.63) is 34.9 Å². The van der Waals surface area contributed by atoms with Gasteiger partial charge in [0, 0.05) is 40.7 Å². The molecule has 0 N–H and O–H groups in total. The molecule has 3 nitrogen and oxygen atoms in total. The molecule has 0 aromatic heterocycles. The van der Waals surface area contributed by atoms with Crippen molar-refractivity contribution < 1.29 is 8.95 Å². The summed E-state index contributed by atoms with van der Waals surface area (Å²) in [5, 5.41) is 0.785. The maximum absolute atomic E-state index is 11.6. The van der Waals surface area contributed by atoms with Gasteiger partial charge in [-0.1, -0.05) is 43.0 Å². The quantitative estimate of drug-likeness (QED) is 0.793. The van der Waals surface area contributed by atoms with Crippen LogP contribution in [0.5, 0.6) is 0 Å².